The molecule has 0 aliphatic carbocycles. The largest absolute Gasteiger partial charge is 0.380 e. The second kappa shape index (κ2) is 9.87. The van der Waals surface area contributed by atoms with Crippen molar-refractivity contribution < 1.29 is 9.18 Å². The minimum atomic E-state index is -0.301. The molecule has 0 saturated carbocycles. The summed E-state index contributed by atoms with van der Waals surface area (Å²) in [5.41, 5.74) is 2.16. The third kappa shape index (κ3) is 5.13. The van der Waals surface area contributed by atoms with Crippen molar-refractivity contribution >= 4 is 29.4 Å². The van der Waals surface area contributed by atoms with E-state index in [-0.39, 0.29) is 24.2 Å². The highest BCUT2D eigenvalue weighted by molar-refractivity contribution is 5.94. The summed E-state index contributed by atoms with van der Waals surface area (Å²) in [5.74, 6) is 0.432. The Morgan fingerprint density at radius 1 is 1.24 bits per heavy atom. The number of pyridine rings is 2. The van der Waals surface area contributed by atoms with Crippen LogP contribution in [0.15, 0.2) is 54.9 Å². The first-order valence-corrected chi connectivity index (χ1v) is 10.5. The molecule has 8 nitrogen and oxygen atoms in total. The van der Waals surface area contributed by atoms with Gasteiger partial charge in [0.25, 0.3) is 5.91 Å². The van der Waals surface area contributed by atoms with Crippen molar-refractivity contribution in [1.29, 1.82) is 10.7 Å². The molecule has 33 heavy (non-hydrogen) atoms. The lowest BCUT2D eigenvalue weighted by Crippen LogP contribution is -2.28. The maximum absolute atomic E-state index is 13.9. The zero-order valence-electron chi connectivity index (χ0n) is 17.8. The van der Waals surface area contributed by atoms with E-state index in [1.165, 1.54) is 24.7 Å². The van der Waals surface area contributed by atoms with Crippen LogP contribution in [0.25, 0.3) is 0 Å². The Morgan fingerprint density at radius 2 is 2.06 bits per heavy atom. The molecular formula is C24H22FN7O. The van der Waals surface area contributed by atoms with Crippen LogP contribution in [0.1, 0.15) is 27.9 Å². The zero-order valence-corrected chi connectivity index (χ0v) is 17.8. The van der Waals surface area contributed by atoms with Crippen LogP contribution in [-0.2, 0) is 6.54 Å². The van der Waals surface area contributed by atoms with Gasteiger partial charge in [-0.3, -0.25) is 4.79 Å². The Labute approximate surface area is 190 Å². The average molecular weight is 443 g/mol. The number of carbonyl (C=O) groups excluding carboxylic acids is 1. The first-order chi connectivity index (χ1) is 16.1. The molecule has 3 N–H and O–H groups in total. The number of amides is 1. The normalized spacial score (nSPS) is 15.0. The Balaban J connectivity index is 1.44. The van der Waals surface area contributed by atoms with E-state index in [1.54, 1.807) is 41.3 Å². The van der Waals surface area contributed by atoms with E-state index in [0.29, 0.717) is 53.5 Å². The SMILES string of the molecule is N#CC1CCN(C(=O)c2ccc(Nc3cc(NCc4ccccc4F)c(C=N)cn3)nc2)C1. The molecule has 0 radical (unpaired) electrons. The van der Waals surface area contributed by atoms with Gasteiger partial charge in [-0.05, 0) is 24.6 Å². The number of nitrogens with one attached hydrogen (secondary N) is 3. The van der Waals surface area contributed by atoms with Crippen molar-refractivity contribution in [3.63, 3.8) is 0 Å². The number of likely N-dealkylation sites (tertiary alicyclic amines) is 1. The van der Waals surface area contributed by atoms with E-state index in [1.807, 2.05) is 0 Å². The predicted molar refractivity (Wildman–Crippen MR) is 123 cm³/mol. The fraction of sp³-hybridized carbons (Fsp3) is 0.208. The Hall–Kier alpha value is -4.32. The van der Waals surface area contributed by atoms with Gasteiger partial charge < -0.3 is 20.9 Å². The van der Waals surface area contributed by atoms with Crippen molar-refractivity contribution in [2.24, 2.45) is 5.92 Å². The molecule has 3 heterocycles. The minimum absolute atomic E-state index is 0.112. The van der Waals surface area contributed by atoms with Gasteiger partial charge in [0.2, 0.25) is 0 Å². The van der Waals surface area contributed by atoms with Crippen LogP contribution in [0, 0.1) is 28.5 Å². The highest BCUT2D eigenvalue weighted by Crippen LogP contribution is 2.22. The summed E-state index contributed by atoms with van der Waals surface area (Å²) in [7, 11) is 0. The number of aromatic nitrogens is 2. The number of hydrogen-bond donors (Lipinski definition) is 3. The van der Waals surface area contributed by atoms with Gasteiger partial charge >= 0.3 is 0 Å². The van der Waals surface area contributed by atoms with Gasteiger partial charge in [0.15, 0.2) is 0 Å². The van der Waals surface area contributed by atoms with E-state index in [0.717, 1.165) is 0 Å². The number of nitriles is 1. The van der Waals surface area contributed by atoms with Gasteiger partial charge in [-0.25, -0.2) is 14.4 Å². The van der Waals surface area contributed by atoms with E-state index >= 15 is 0 Å². The lowest BCUT2D eigenvalue weighted by Gasteiger charge is -2.15. The van der Waals surface area contributed by atoms with E-state index in [9.17, 15) is 9.18 Å². The predicted octanol–water partition coefficient (Wildman–Crippen LogP) is 3.95. The average Bonchev–Trinajstić information content (AvgIpc) is 3.33. The number of anilines is 3. The molecule has 166 valence electrons. The molecule has 9 heteroatoms. The summed E-state index contributed by atoms with van der Waals surface area (Å²) < 4.78 is 13.9. The first kappa shape index (κ1) is 21.9. The zero-order chi connectivity index (χ0) is 23.2. The summed E-state index contributed by atoms with van der Waals surface area (Å²) in [4.78, 5) is 22.9. The number of halogens is 1. The molecular weight excluding hydrogens is 421 g/mol. The molecule has 0 spiro atoms. The standard InChI is InChI=1S/C24H22FN7O/c25-20-4-2-1-3-17(20)12-28-21-9-23(30-14-19(21)11-27)31-22-6-5-18(13-29-22)24(33)32-8-7-16(10-26)15-32/h1-6,9,11,13-14,16,27H,7-8,12,15H2,(H2,28,29,30,31). The van der Waals surface area contributed by atoms with Gasteiger partial charge in [-0.2, -0.15) is 5.26 Å². The van der Waals surface area contributed by atoms with Gasteiger partial charge in [0, 0.05) is 61.1 Å². The van der Waals surface area contributed by atoms with Gasteiger partial charge in [-0.15, -0.1) is 0 Å². The second-order valence-electron chi connectivity index (χ2n) is 7.67. The van der Waals surface area contributed by atoms with Crippen molar-refractivity contribution in [1.82, 2.24) is 14.9 Å². The van der Waals surface area contributed by atoms with Crippen LogP contribution < -0.4 is 10.6 Å². The molecule has 2 aromatic heterocycles. The number of rotatable bonds is 7. The second-order valence-corrected chi connectivity index (χ2v) is 7.67. The fourth-order valence-corrected chi connectivity index (χ4v) is 3.59. The van der Waals surface area contributed by atoms with Gasteiger partial charge in [0.05, 0.1) is 17.6 Å². The van der Waals surface area contributed by atoms with Crippen LogP contribution in [-0.4, -0.2) is 40.1 Å². The summed E-state index contributed by atoms with van der Waals surface area (Å²) in [6, 6.07) is 13.8. The van der Waals surface area contributed by atoms with Crippen LogP contribution in [0.2, 0.25) is 0 Å². The molecule has 1 aliphatic rings. The summed E-state index contributed by atoms with van der Waals surface area (Å²) in [5, 5.41) is 22.8. The molecule has 4 rings (SSSR count). The van der Waals surface area contributed by atoms with Crippen LogP contribution in [0.3, 0.4) is 0 Å². The Morgan fingerprint density at radius 3 is 2.76 bits per heavy atom. The smallest absolute Gasteiger partial charge is 0.255 e. The van der Waals surface area contributed by atoms with Crippen LogP contribution in [0.4, 0.5) is 21.7 Å². The van der Waals surface area contributed by atoms with Crippen LogP contribution in [0.5, 0.6) is 0 Å². The van der Waals surface area contributed by atoms with Crippen molar-refractivity contribution in [3.8, 4) is 6.07 Å². The topological polar surface area (TPSA) is 118 Å². The Kier molecular flexibility index (Phi) is 6.55. The molecule has 1 amide bonds. The summed E-state index contributed by atoms with van der Waals surface area (Å²) >= 11 is 0. The molecule has 1 atom stereocenters. The number of carbonyl (C=O) groups is 1. The first-order valence-electron chi connectivity index (χ1n) is 10.5. The van der Waals surface area contributed by atoms with E-state index < -0.39 is 0 Å². The summed E-state index contributed by atoms with van der Waals surface area (Å²) in [6.07, 6.45) is 4.90. The maximum atomic E-state index is 13.9. The highest BCUT2D eigenvalue weighted by Gasteiger charge is 2.26. The Bertz CT molecular complexity index is 1210. The quantitative estimate of drug-likeness (QED) is 0.476. The van der Waals surface area contributed by atoms with Crippen LogP contribution >= 0.6 is 0 Å². The minimum Gasteiger partial charge on any atom is -0.380 e. The monoisotopic (exact) mass is 443 g/mol. The summed E-state index contributed by atoms with van der Waals surface area (Å²) in [6.45, 7) is 1.28. The molecule has 0 bridgehead atoms. The van der Waals surface area contributed by atoms with Crippen molar-refractivity contribution in [2.45, 2.75) is 13.0 Å². The van der Waals surface area contributed by atoms with Crippen molar-refractivity contribution in [2.75, 3.05) is 23.7 Å². The molecule has 1 aromatic carbocycles. The number of nitrogens with zero attached hydrogens (tertiary/aromatic N) is 4. The van der Waals surface area contributed by atoms with Crippen molar-refractivity contribution in [3.05, 3.63) is 77.4 Å². The van der Waals surface area contributed by atoms with E-state index in [2.05, 4.69) is 26.7 Å². The van der Waals surface area contributed by atoms with Gasteiger partial charge in [0.1, 0.15) is 17.5 Å². The maximum Gasteiger partial charge on any atom is 0.255 e. The molecule has 1 fully saturated rings. The fourth-order valence-electron chi connectivity index (χ4n) is 3.59. The number of hydrogen-bond acceptors (Lipinski definition) is 7. The lowest BCUT2D eigenvalue weighted by atomic mass is 10.1. The lowest BCUT2D eigenvalue weighted by molar-refractivity contribution is 0.0789. The molecule has 1 aliphatic heterocycles. The molecule has 1 unspecified atom stereocenters. The third-order valence-corrected chi connectivity index (χ3v) is 5.44. The number of benzene rings is 1. The molecule has 3 aromatic rings. The third-order valence-electron chi connectivity index (χ3n) is 5.44. The molecule has 1 saturated heterocycles. The highest BCUT2D eigenvalue weighted by atomic mass is 19.1. The van der Waals surface area contributed by atoms with Gasteiger partial charge in [-0.1, -0.05) is 18.2 Å². The van der Waals surface area contributed by atoms with E-state index in [4.69, 9.17) is 10.7 Å².